The second-order valence-corrected chi connectivity index (χ2v) is 6.31. The Morgan fingerprint density at radius 3 is 3.04 bits per heavy atom. The number of rotatable bonds is 5. The molecule has 24 heavy (non-hydrogen) atoms. The van der Waals surface area contributed by atoms with Gasteiger partial charge in [-0.3, -0.25) is 9.59 Å². The second-order valence-electron chi connectivity index (χ2n) is 5.59. The third-order valence-corrected chi connectivity index (χ3v) is 4.72. The summed E-state index contributed by atoms with van der Waals surface area (Å²) in [4.78, 5) is 30.5. The summed E-state index contributed by atoms with van der Waals surface area (Å²) in [6.07, 6.45) is 3.67. The van der Waals surface area contributed by atoms with Gasteiger partial charge in [-0.2, -0.15) is 0 Å². The smallest absolute Gasteiger partial charge is 0.251 e. The van der Waals surface area contributed by atoms with Crippen molar-refractivity contribution >= 4 is 28.8 Å². The fourth-order valence-electron chi connectivity index (χ4n) is 2.94. The SMILES string of the molecule is C=CC(=O)N1CCCc2c(C(=O)NCCc3cscn3)cccc21. The summed E-state index contributed by atoms with van der Waals surface area (Å²) in [5.41, 5.74) is 5.17. The van der Waals surface area contributed by atoms with E-state index in [1.807, 2.05) is 23.6 Å². The minimum atomic E-state index is -0.128. The zero-order valence-corrected chi connectivity index (χ0v) is 14.1. The average Bonchev–Trinajstić information content (AvgIpc) is 3.13. The molecule has 1 aliphatic heterocycles. The average molecular weight is 341 g/mol. The van der Waals surface area contributed by atoms with Gasteiger partial charge in [-0.25, -0.2) is 4.98 Å². The first-order valence-electron chi connectivity index (χ1n) is 7.92. The van der Waals surface area contributed by atoms with Crippen LogP contribution in [0.25, 0.3) is 0 Å². The van der Waals surface area contributed by atoms with E-state index in [2.05, 4.69) is 16.9 Å². The highest BCUT2D eigenvalue weighted by molar-refractivity contribution is 7.07. The zero-order valence-electron chi connectivity index (χ0n) is 13.3. The Kier molecular flexibility index (Phi) is 5.05. The minimum absolute atomic E-state index is 0.102. The number of nitrogens with zero attached hydrogens (tertiary/aromatic N) is 2. The van der Waals surface area contributed by atoms with Gasteiger partial charge in [-0.05, 0) is 36.6 Å². The first-order valence-corrected chi connectivity index (χ1v) is 8.86. The zero-order chi connectivity index (χ0) is 16.9. The molecule has 124 valence electrons. The maximum Gasteiger partial charge on any atom is 0.251 e. The van der Waals surface area contributed by atoms with Crippen LogP contribution in [0.4, 0.5) is 5.69 Å². The maximum atomic E-state index is 12.5. The summed E-state index contributed by atoms with van der Waals surface area (Å²) in [6.45, 7) is 4.76. The van der Waals surface area contributed by atoms with Crippen LogP contribution >= 0.6 is 11.3 Å². The third-order valence-electron chi connectivity index (χ3n) is 4.09. The van der Waals surface area contributed by atoms with Crippen LogP contribution in [0.1, 0.15) is 28.0 Å². The molecule has 1 aromatic carbocycles. The lowest BCUT2D eigenvalue weighted by Gasteiger charge is -2.29. The van der Waals surface area contributed by atoms with Crippen LogP contribution in [0, 0.1) is 0 Å². The predicted molar refractivity (Wildman–Crippen MR) is 95.5 cm³/mol. The number of nitrogens with one attached hydrogen (secondary N) is 1. The van der Waals surface area contributed by atoms with Gasteiger partial charge in [0.25, 0.3) is 5.91 Å². The molecule has 1 aliphatic rings. The van der Waals surface area contributed by atoms with Gasteiger partial charge in [0.1, 0.15) is 0 Å². The van der Waals surface area contributed by atoms with Crippen molar-refractivity contribution in [1.82, 2.24) is 10.3 Å². The molecular weight excluding hydrogens is 322 g/mol. The van der Waals surface area contributed by atoms with Gasteiger partial charge in [-0.15, -0.1) is 11.3 Å². The van der Waals surface area contributed by atoms with Crippen LogP contribution in [0.15, 0.2) is 41.7 Å². The molecular formula is C18H19N3O2S. The summed E-state index contributed by atoms with van der Waals surface area (Å²) in [5.74, 6) is -0.230. The predicted octanol–water partition coefficient (Wildman–Crippen LogP) is 2.58. The van der Waals surface area contributed by atoms with Crippen molar-refractivity contribution in [2.45, 2.75) is 19.3 Å². The number of hydrogen-bond donors (Lipinski definition) is 1. The van der Waals surface area contributed by atoms with Gasteiger partial charge < -0.3 is 10.2 Å². The topological polar surface area (TPSA) is 62.3 Å². The van der Waals surface area contributed by atoms with Crippen molar-refractivity contribution in [1.29, 1.82) is 0 Å². The van der Waals surface area contributed by atoms with E-state index in [4.69, 9.17) is 0 Å². The van der Waals surface area contributed by atoms with E-state index in [1.54, 1.807) is 21.7 Å². The molecule has 2 amide bonds. The summed E-state index contributed by atoms with van der Waals surface area (Å²) in [5, 5.41) is 4.93. The van der Waals surface area contributed by atoms with Crippen LogP contribution < -0.4 is 10.2 Å². The van der Waals surface area contributed by atoms with E-state index in [-0.39, 0.29) is 11.8 Å². The quantitative estimate of drug-likeness (QED) is 0.850. The first-order chi connectivity index (χ1) is 11.7. The number of anilines is 1. The molecule has 0 saturated carbocycles. The molecule has 0 radical (unpaired) electrons. The molecule has 0 saturated heterocycles. The number of hydrogen-bond acceptors (Lipinski definition) is 4. The number of amides is 2. The van der Waals surface area contributed by atoms with E-state index in [0.29, 0.717) is 25.1 Å². The van der Waals surface area contributed by atoms with Crippen molar-refractivity contribution in [2.24, 2.45) is 0 Å². The second kappa shape index (κ2) is 7.40. The lowest BCUT2D eigenvalue weighted by Crippen LogP contribution is -2.35. The van der Waals surface area contributed by atoms with E-state index < -0.39 is 0 Å². The Bertz CT molecular complexity index is 756. The Balaban J connectivity index is 1.75. The molecule has 1 aromatic heterocycles. The number of carbonyl (C=O) groups excluding carboxylic acids is 2. The molecule has 0 atom stereocenters. The molecule has 2 heterocycles. The minimum Gasteiger partial charge on any atom is -0.352 e. The number of thiazole rings is 1. The molecule has 2 aromatic rings. The van der Waals surface area contributed by atoms with E-state index in [9.17, 15) is 9.59 Å². The highest BCUT2D eigenvalue weighted by atomic mass is 32.1. The van der Waals surface area contributed by atoms with Crippen LogP contribution in [0.3, 0.4) is 0 Å². The normalized spacial score (nSPS) is 13.2. The van der Waals surface area contributed by atoms with Crippen molar-refractivity contribution in [3.8, 4) is 0 Å². The van der Waals surface area contributed by atoms with Gasteiger partial charge >= 0.3 is 0 Å². The lowest BCUT2D eigenvalue weighted by atomic mass is 9.95. The summed E-state index contributed by atoms with van der Waals surface area (Å²) >= 11 is 1.55. The fraction of sp³-hybridized carbons (Fsp3) is 0.278. The first kappa shape index (κ1) is 16.4. The van der Waals surface area contributed by atoms with Crippen LogP contribution in [0.5, 0.6) is 0 Å². The fourth-order valence-corrected chi connectivity index (χ4v) is 3.53. The van der Waals surface area contributed by atoms with Gasteiger partial charge in [0.2, 0.25) is 5.91 Å². The molecule has 5 nitrogen and oxygen atoms in total. The van der Waals surface area contributed by atoms with E-state index in [0.717, 1.165) is 29.8 Å². The Hall–Kier alpha value is -2.47. The summed E-state index contributed by atoms with van der Waals surface area (Å²) < 4.78 is 0. The van der Waals surface area contributed by atoms with Crippen molar-refractivity contribution in [2.75, 3.05) is 18.0 Å². The summed E-state index contributed by atoms with van der Waals surface area (Å²) in [7, 11) is 0. The standard InChI is InChI=1S/C18H19N3O2S/c1-2-17(22)21-10-4-6-14-15(5-3-7-16(14)21)18(23)19-9-8-13-11-24-12-20-13/h2-3,5,7,11-12H,1,4,6,8-10H2,(H,19,23). The molecule has 0 unspecified atom stereocenters. The molecule has 0 spiro atoms. The van der Waals surface area contributed by atoms with Crippen molar-refractivity contribution in [3.63, 3.8) is 0 Å². The van der Waals surface area contributed by atoms with Crippen molar-refractivity contribution < 1.29 is 9.59 Å². The van der Waals surface area contributed by atoms with E-state index in [1.165, 1.54) is 6.08 Å². The molecule has 0 aliphatic carbocycles. The molecule has 3 rings (SSSR count). The number of aromatic nitrogens is 1. The van der Waals surface area contributed by atoms with E-state index >= 15 is 0 Å². The molecule has 0 fully saturated rings. The Labute approximate surface area is 145 Å². The molecule has 6 heteroatoms. The number of benzene rings is 1. The van der Waals surface area contributed by atoms with Gasteiger partial charge in [0.15, 0.2) is 0 Å². The largest absolute Gasteiger partial charge is 0.352 e. The molecule has 1 N–H and O–H groups in total. The third kappa shape index (κ3) is 3.38. The van der Waals surface area contributed by atoms with Crippen LogP contribution in [-0.4, -0.2) is 29.9 Å². The molecule has 0 bridgehead atoms. The Morgan fingerprint density at radius 1 is 1.42 bits per heavy atom. The van der Waals surface area contributed by atoms with Crippen molar-refractivity contribution in [3.05, 3.63) is 58.6 Å². The summed E-state index contributed by atoms with van der Waals surface area (Å²) in [6, 6.07) is 5.53. The van der Waals surface area contributed by atoms with Crippen LogP contribution in [0.2, 0.25) is 0 Å². The monoisotopic (exact) mass is 341 g/mol. The highest BCUT2D eigenvalue weighted by Crippen LogP contribution is 2.30. The highest BCUT2D eigenvalue weighted by Gasteiger charge is 2.24. The maximum absolute atomic E-state index is 12.5. The van der Waals surface area contributed by atoms with Gasteiger partial charge in [0, 0.05) is 36.1 Å². The Morgan fingerprint density at radius 2 is 2.29 bits per heavy atom. The number of carbonyl (C=O) groups is 2. The number of fused-ring (bicyclic) bond motifs is 1. The lowest BCUT2D eigenvalue weighted by molar-refractivity contribution is -0.114. The van der Waals surface area contributed by atoms with Gasteiger partial charge in [0.05, 0.1) is 11.2 Å². The van der Waals surface area contributed by atoms with Crippen LogP contribution in [-0.2, 0) is 17.6 Å². The van der Waals surface area contributed by atoms with Gasteiger partial charge in [-0.1, -0.05) is 12.6 Å².